The highest BCUT2D eigenvalue weighted by atomic mass is 16.2. The molecule has 0 spiro atoms. The Morgan fingerprint density at radius 1 is 1.09 bits per heavy atom. The molecule has 114 valence electrons. The molecule has 5 heteroatoms. The third-order valence-corrected chi connectivity index (χ3v) is 3.68. The molecule has 2 heterocycles. The fraction of sp³-hybridized carbons (Fsp3) is 0.111. The zero-order valence-corrected chi connectivity index (χ0v) is 12.5. The zero-order valence-electron chi connectivity index (χ0n) is 12.5. The molecule has 1 aliphatic rings. The second-order valence-electron chi connectivity index (χ2n) is 5.25. The standard InChI is InChI=1S/C18H14N2O3/c1-12(21)14(9-13-5-4-8-19-10-13)11-20-17(22)15-6-2-3-7-16(15)18(20)23/h2-10H,11H2,1H3/b14-9+. The van der Waals surface area contributed by atoms with Gasteiger partial charge in [-0.15, -0.1) is 0 Å². The number of amides is 2. The number of benzene rings is 1. The summed E-state index contributed by atoms with van der Waals surface area (Å²) in [5.74, 6) is -0.932. The molecular formula is C18H14N2O3. The van der Waals surface area contributed by atoms with E-state index in [9.17, 15) is 14.4 Å². The summed E-state index contributed by atoms with van der Waals surface area (Å²) in [6.07, 6.45) is 4.90. The monoisotopic (exact) mass is 306 g/mol. The molecule has 0 atom stereocenters. The SMILES string of the molecule is CC(=O)/C(=C/c1cccnc1)CN1C(=O)c2ccccc2C1=O. The number of pyridine rings is 1. The van der Waals surface area contributed by atoms with Crippen molar-refractivity contribution < 1.29 is 14.4 Å². The van der Waals surface area contributed by atoms with Crippen LogP contribution in [0.4, 0.5) is 0 Å². The van der Waals surface area contributed by atoms with Gasteiger partial charge in [0.15, 0.2) is 5.78 Å². The van der Waals surface area contributed by atoms with Crippen LogP contribution in [0.15, 0.2) is 54.4 Å². The largest absolute Gasteiger partial charge is 0.295 e. The van der Waals surface area contributed by atoms with Crippen LogP contribution in [-0.4, -0.2) is 34.0 Å². The van der Waals surface area contributed by atoms with E-state index in [0.717, 1.165) is 10.5 Å². The Balaban J connectivity index is 1.91. The number of nitrogens with zero attached hydrogens (tertiary/aromatic N) is 2. The molecule has 0 radical (unpaired) electrons. The summed E-state index contributed by atoms with van der Waals surface area (Å²) in [5.41, 5.74) is 1.88. The Morgan fingerprint density at radius 3 is 2.26 bits per heavy atom. The summed E-state index contributed by atoms with van der Waals surface area (Å²) in [6.45, 7) is 1.37. The van der Waals surface area contributed by atoms with E-state index in [2.05, 4.69) is 4.98 Å². The highest BCUT2D eigenvalue weighted by molar-refractivity contribution is 6.22. The molecule has 0 bridgehead atoms. The van der Waals surface area contributed by atoms with Crippen LogP contribution >= 0.6 is 0 Å². The molecule has 0 fully saturated rings. The summed E-state index contributed by atoms with van der Waals surface area (Å²) < 4.78 is 0. The smallest absolute Gasteiger partial charge is 0.261 e. The van der Waals surface area contributed by atoms with E-state index < -0.39 is 0 Å². The van der Waals surface area contributed by atoms with Crippen LogP contribution in [0.3, 0.4) is 0 Å². The summed E-state index contributed by atoms with van der Waals surface area (Å²) in [5, 5.41) is 0. The molecule has 0 saturated heterocycles. The molecule has 2 aromatic rings. The number of aromatic nitrogens is 1. The van der Waals surface area contributed by atoms with Crippen molar-refractivity contribution in [2.24, 2.45) is 0 Å². The molecule has 1 aromatic heterocycles. The Morgan fingerprint density at radius 2 is 1.74 bits per heavy atom. The van der Waals surface area contributed by atoms with Crippen LogP contribution in [0.5, 0.6) is 0 Å². The van der Waals surface area contributed by atoms with Crippen LogP contribution in [0, 0.1) is 0 Å². The topological polar surface area (TPSA) is 67.3 Å². The molecule has 23 heavy (non-hydrogen) atoms. The average molecular weight is 306 g/mol. The maximum absolute atomic E-state index is 12.4. The maximum atomic E-state index is 12.4. The fourth-order valence-corrected chi connectivity index (χ4v) is 2.47. The molecule has 5 nitrogen and oxygen atoms in total. The number of imide groups is 1. The number of carbonyl (C=O) groups excluding carboxylic acids is 3. The van der Waals surface area contributed by atoms with E-state index in [0.29, 0.717) is 16.7 Å². The first-order valence-electron chi connectivity index (χ1n) is 7.14. The fourth-order valence-electron chi connectivity index (χ4n) is 2.47. The van der Waals surface area contributed by atoms with Gasteiger partial charge in [-0.05, 0) is 36.8 Å². The predicted octanol–water partition coefficient (Wildman–Crippen LogP) is 2.35. The lowest BCUT2D eigenvalue weighted by Gasteiger charge is -2.15. The molecule has 0 aliphatic carbocycles. The average Bonchev–Trinajstić information content (AvgIpc) is 2.80. The molecule has 0 unspecified atom stereocenters. The van der Waals surface area contributed by atoms with Gasteiger partial charge in [-0.1, -0.05) is 18.2 Å². The Bertz CT molecular complexity index is 790. The van der Waals surface area contributed by atoms with Crippen LogP contribution < -0.4 is 0 Å². The highest BCUT2D eigenvalue weighted by Crippen LogP contribution is 2.23. The van der Waals surface area contributed by atoms with E-state index in [-0.39, 0.29) is 24.1 Å². The Labute approximate surface area is 133 Å². The van der Waals surface area contributed by atoms with Gasteiger partial charge in [0.25, 0.3) is 11.8 Å². The van der Waals surface area contributed by atoms with Gasteiger partial charge < -0.3 is 0 Å². The van der Waals surface area contributed by atoms with Crippen LogP contribution in [0.25, 0.3) is 6.08 Å². The molecular weight excluding hydrogens is 292 g/mol. The van der Waals surface area contributed by atoms with E-state index in [1.54, 1.807) is 54.9 Å². The van der Waals surface area contributed by atoms with Crippen molar-refractivity contribution in [3.63, 3.8) is 0 Å². The van der Waals surface area contributed by atoms with Crippen LogP contribution in [0.2, 0.25) is 0 Å². The lowest BCUT2D eigenvalue weighted by molar-refractivity contribution is -0.113. The molecule has 2 amide bonds. The first-order valence-corrected chi connectivity index (χ1v) is 7.14. The van der Waals surface area contributed by atoms with Crippen molar-refractivity contribution in [2.45, 2.75) is 6.92 Å². The van der Waals surface area contributed by atoms with Gasteiger partial charge in [-0.3, -0.25) is 24.3 Å². The third kappa shape index (κ3) is 2.81. The van der Waals surface area contributed by atoms with Gasteiger partial charge in [-0.25, -0.2) is 0 Å². The second kappa shape index (κ2) is 5.96. The van der Waals surface area contributed by atoms with Gasteiger partial charge in [-0.2, -0.15) is 0 Å². The predicted molar refractivity (Wildman–Crippen MR) is 84.7 cm³/mol. The first kappa shape index (κ1) is 14.8. The quantitative estimate of drug-likeness (QED) is 0.642. The van der Waals surface area contributed by atoms with Crippen LogP contribution in [0.1, 0.15) is 33.2 Å². The lowest BCUT2D eigenvalue weighted by Crippen LogP contribution is -2.32. The number of fused-ring (bicyclic) bond motifs is 1. The third-order valence-electron chi connectivity index (χ3n) is 3.68. The summed E-state index contributed by atoms with van der Waals surface area (Å²) >= 11 is 0. The lowest BCUT2D eigenvalue weighted by atomic mass is 10.1. The summed E-state index contributed by atoms with van der Waals surface area (Å²) in [4.78, 5) is 41.7. The van der Waals surface area contributed by atoms with Gasteiger partial charge in [0.05, 0.1) is 17.7 Å². The number of carbonyl (C=O) groups is 3. The minimum absolute atomic E-state index is 0.0451. The van der Waals surface area contributed by atoms with E-state index >= 15 is 0 Å². The zero-order chi connectivity index (χ0) is 16.4. The van der Waals surface area contributed by atoms with Gasteiger partial charge >= 0.3 is 0 Å². The first-order chi connectivity index (χ1) is 11.1. The summed E-state index contributed by atoms with van der Waals surface area (Å²) in [6, 6.07) is 10.2. The number of rotatable bonds is 4. The molecule has 1 aliphatic heterocycles. The van der Waals surface area contributed by atoms with Crippen LogP contribution in [-0.2, 0) is 4.79 Å². The number of ketones is 1. The molecule has 0 saturated carbocycles. The maximum Gasteiger partial charge on any atom is 0.261 e. The highest BCUT2D eigenvalue weighted by Gasteiger charge is 2.35. The van der Waals surface area contributed by atoms with Gasteiger partial charge in [0.2, 0.25) is 0 Å². The van der Waals surface area contributed by atoms with E-state index in [1.165, 1.54) is 6.92 Å². The van der Waals surface area contributed by atoms with Gasteiger partial charge in [0.1, 0.15) is 0 Å². The van der Waals surface area contributed by atoms with Crippen molar-refractivity contribution in [3.8, 4) is 0 Å². The number of Topliss-reactive ketones (excluding diaryl/α,β-unsaturated/α-hetero) is 1. The molecule has 0 N–H and O–H groups in total. The minimum Gasteiger partial charge on any atom is -0.295 e. The molecule has 3 rings (SSSR count). The van der Waals surface area contributed by atoms with Crippen molar-refractivity contribution in [3.05, 3.63) is 71.1 Å². The Hall–Kier alpha value is -3.08. The van der Waals surface area contributed by atoms with Gasteiger partial charge in [0, 0.05) is 18.0 Å². The Kier molecular flexibility index (Phi) is 3.85. The normalized spacial score (nSPS) is 14.1. The van der Waals surface area contributed by atoms with E-state index in [1.807, 2.05) is 0 Å². The van der Waals surface area contributed by atoms with Crippen molar-refractivity contribution in [1.82, 2.24) is 9.88 Å². The minimum atomic E-state index is -0.371. The number of hydrogen-bond donors (Lipinski definition) is 0. The second-order valence-corrected chi connectivity index (χ2v) is 5.25. The molecule has 1 aromatic carbocycles. The summed E-state index contributed by atoms with van der Waals surface area (Å²) in [7, 11) is 0. The van der Waals surface area contributed by atoms with E-state index in [4.69, 9.17) is 0 Å². The number of hydrogen-bond acceptors (Lipinski definition) is 4. The van der Waals surface area contributed by atoms with Crippen molar-refractivity contribution in [1.29, 1.82) is 0 Å². The van der Waals surface area contributed by atoms with Crippen molar-refractivity contribution >= 4 is 23.7 Å². The van der Waals surface area contributed by atoms with Crippen molar-refractivity contribution in [2.75, 3.05) is 6.54 Å².